The van der Waals surface area contributed by atoms with E-state index in [0.717, 1.165) is 6.20 Å². The molecule has 0 saturated heterocycles. The number of hydrogen-bond donors (Lipinski definition) is 1. The molecule has 0 aliphatic carbocycles. The average molecular weight is 225 g/mol. The van der Waals surface area contributed by atoms with Crippen molar-refractivity contribution >= 4 is 0 Å². The molecule has 0 unspecified atom stereocenters. The lowest BCUT2D eigenvalue weighted by molar-refractivity contribution is -0.275. The summed E-state index contributed by atoms with van der Waals surface area (Å²) in [7, 11) is 0. The van der Waals surface area contributed by atoms with Gasteiger partial charge in [0.05, 0.1) is 0 Å². The molecule has 3 nitrogen and oxygen atoms in total. The van der Waals surface area contributed by atoms with Crippen LogP contribution in [0.5, 0.6) is 5.75 Å². The summed E-state index contributed by atoms with van der Waals surface area (Å²) in [5.74, 6) is -0.919. The van der Waals surface area contributed by atoms with Gasteiger partial charge in [-0.1, -0.05) is 0 Å². The zero-order chi connectivity index (χ0) is 11.6. The summed E-state index contributed by atoms with van der Waals surface area (Å²) in [6.07, 6.45) is -3.95. The van der Waals surface area contributed by atoms with E-state index in [1.807, 2.05) is 4.98 Å². The van der Waals surface area contributed by atoms with Gasteiger partial charge in [-0.3, -0.25) is 4.79 Å². The number of hydrogen-bond acceptors (Lipinski definition) is 2. The Morgan fingerprint density at radius 2 is 2.07 bits per heavy atom. The molecule has 7 heteroatoms. The van der Waals surface area contributed by atoms with Crippen LogP contribution in [-0.4, -0.2) is 11.3 Å². The Balaban J connectivity index is 3.22. The quantitative estimate of drug-likeness (QED) is 0.782. The number of pyridine rings is 1. The molecule has 0 radical (unpaired) electrons. The van der Waals surface area contributed by atoms with Crippen molar-refractivity contribution in [1.82, 2.24) is 4.98 Å². The van der Waals surface area contributed by atoms with E-state index in [1.54, 1.807) is 0 Å². The zero-order valence-electron chi connectivity index (χ0n) is 7.61. The van der Waals surface area contributed by atoms with E-state index in [-0.39, 0.29) is 11.1 Å². The highest BCUT2D eigenvalue weighted by Gasteiger charge is 2.33. The summed E-state index contributed by atoms with van der Waals surface area (Å²) in [4.78, 5) is 12.9. The second-order valence-electron chi connectivity index (χ2n) is 2.78. The van der Waals surface area contributed by atoms with Gasteiger partial charge in [-0.15, -0.1) is 13.2 Å². The number of aromatic nitrogens is 1. The van der Waals surface area contributed by atoms with Crippen LogP contribution in [0.25, 0.3) is 0 Å². The van der Waals surface area contributed by atoms with Gasteiger partial charge >= 0.3 is 6.36 Å². The molecule has 0 atom stereocenters. The van der Waals surface area contributed by atoms with Crippen molar-refractivity contribution in [1.29, 1.82) is 0 Å². The van der Waals surface area contributed by atoms with Gasteiger partial charge in [0, 0.05) is 17.3 Å². The maximum Gasteiger partial charge on any atom is 0.573 e. The van der Waals surface area contributed by atoms with Gasteiger partial charge < -0.3 is 9.72 Å². The predicted molar refractivity (Wildman–Crippen MR) is 43.3 cm³/mol. The van der Waals surface area contributed by atoms with Gasteiger partial charge in [0.25, 0.3) is 5.56 Å². The first-order valence-electron chi connectivity index (χ1n) is 3.88. The molecule has 0 aliphatic heterocycles. The van der Waals surface area contributed by atoms with Crippen LogP contribution in [0.4, 0.5) is 17.6 Å². The molecule has 0 aromatic carbocycles. The van der Waals surface area contributed by atoms with Crippen LogP contribution in [0.15, 0.2) is 11.0 Å². The van der Waals surface area contributed by atoms with Crippen molar-refractivity contribution in [2.45, 2.75) is 20.0 Å². The summed E-state index contributed by atoms with van der Waals surface area (Å²) in [6.45, 7) is 0.210. The molecule has 1 aromatic heterocycles. The molecule has 1 rings (SSSR count). The molecular formula is C8H7F4NO2. The van der Waals surface area contributed by atoms with Gasteiger partial charge in [0.1, 0.15) is 6.67 Å². The molecule has 1 heterocycles. The molecular weight excluding hydrogens is 218 g/mol. The molecule has 0 bridgehead atoms. The smallest absolute Gasteiger partial charge is 0.400 e. The fourth-order valence-electron chi connectivity index (χ4n) is 1.02. The highest BCUT2D eigenvalue weighted by atomic mass is 19.4. The van der Waals surface area contributed by atoms with Gasteiger partial charge in [-0.05, 0) is 6.92 Å². The van der Waals surface area contributed by atoms with E-state index in [0.29, 0.717) is 0 Å². The Hall–Kier alpha value is -1.53. The van der Waals surface area contributed by atoms with Crippen molar-refractivity contribution in [2.75, 3.05) is 0 Å². The fraction of sp³-hybridized carbons (Fsp3) is 0.375. The third-order valence-corrected chi connectivity index (χ3v) is 1.77. The van der Waals surface area contributed by atoms with Crippen LogP contribution in [0.1, 0.15) is 11.1 Å². The number of aromatic amines is 1. The molecule has 0 fully saturated rings. The van der Waals surface area contributed by atoms with Crippen molar-refractivity contribution in [3.8, 4) is 5.75 Å². The Kier molecular flexibility index (Phi) is 3.01. The predicted octanol–water partition coefficient (Wildman–Crippen LogP) is 2.05. The normalized spacial score (nSPS) is 11.5. The van der Waals surface area contributed by atoms with Crippen molar-refractivity contribution in [2.24, 2.45) is 0 Å². The van der Waals surface area contributed by atoms with Crippen LogP contribution in [0, 0.1) is 6.92 Å². The molecule has 1 N–H and O–H groups in total. The summed E-state index contributed by atoms with van der Waals surface area (Å²) in [5.41, 5.74) is -1.24. The second kappa shape index (κ2) is 3.92. The highest BCUT2D eigenvalue weighted by Crippen LogP contribution is 2.24. The number of rotatable bonds is 2. The molecule has 84 valence electrons. The van der Waals surface area contributed by atoms with E-state index >= 15 is 0 Å². The second-order valence-corrected chi connectivity index (χ2v) is 2.78. The average Bonchev–Trinajstić information content (AvgIpc) is 2.11. The lowest BCUT2D eigenvalue weighted by Crippen LogP contribution is -2.24. The maximum absolute atomic E-state index is 12.3. The summed E-state index contributed by atoms with van der Waals surface area (Å²) in [6, 6.07) is 0. The zero-order valence-corrected chi connectivity index (χ0v) is 7.61. The SMILES string of the molecule is Cc1c(CF)c[nH]c(=O)c1OC(F)(F)F. The fourth-order valence-corrected chi connectivity index (χ4v) is 1.02. The molecule has 0 spiro atoms. The Bertz CT molecular complexity index is 410. The van der Waals surface area contributed by atoms with Crippen molar-refractivity contribution in [3.05, 3.63) is 27.7 Å². The first-order valence-corrected chi connectivity index (χ1v) is 3.88. The van der Waals surface area contributed by atoms with E-state index in [1.165, 1.54) is 6.92 Å². The summed E-state index contributed by atoms with van der Waals surface area (Å²) < 4.78 is 51.4. The molecule has 15 heavy (non-hydrogen) atoms. The van der Waals surface area contributed by atoms with Crippen LogP contribution in [0.2, 0.25) is 0 Å². The van der Waals surface area contributed by atoms with Gasteiger partial charge in [-0.2, -0.15) is 0 Å². The van der Waals surface area contributed by atoms with Crippen molar-refractivity contribution in [3.63, 3.8) is 0 Å². The number of ether oxygens (including phenoxy) is 1. The molecule has 0 amide bonds. The van der Waals surface area contributed by atoms with E-state index < -0.39 is 24.3 Å². The first kappa shape index (κ1) is 11.5. The Labute approximate surface area is 81.7 Å². The molecule has 0 saturated carbocycles. The van der Waals surface area contributed by atoms with Crippen LogP contribution in [-0.2, 0) is 6.67 Å². The Morgan fingerprint density at radius 3 is 2.53 bits per heavy atom. The number of nitrogens with one attached hydrogen (secondary N) is 1. The monoisotopic (exact) mass is 225 g/mol. The minimum absolute atomic E-state index is 0.0474. The maximum atomic E-state index is 12.3. The number of alkyl halides is 4. The standard InChI is InChI=1S/C8H7F4NO2/c1-4-5(2-9)3-13-7(14)6(4)15-8(10,11)12/h3H,2H2,1H3,(H,13,14). The highest BCUT2D eigenvalue weighted by molar-refractivity contribution is 5.35. The van der Waals surface area contributed by atoms with Gasteiger partial charge in [0.2, 0.25) is 0 Å². The third-order valence-electron chi connectivity index (χ3n) is 1.77. The summed E-state index contributed by atoms with van der Waals surface area (Å²) >= 11 is 0. The van der Waals surface area contributed by atoms with E-state index in [2.05, 4.69) is 4.74 Å². The van der Waals surface area contributed by atoms with Crippen LogP contribution < -0.4 is 10.3 Å². The van der Waals surface area contributed by atoms with Crippen LogP contribution in [0.3, 0.4) is 0 Å². The topological polar surface area (TPSA) is 42.1 Å². The van der Waals surface area contributed by atoms with Gasteiger partial charge in [0.15, 0.2) is 5.75 Å². The first-order chi connectivity index (χ1) is 6.85. The summed E-state index contributed by atoms with van der Waals surface area (Å²) in [5, 5.41) is 0. The van der Waals surface area contributed by atoms with E-state index in [9.17, 15) is 22.4 Å². The largest absolute Gasteiger partial charge is 0.573 e. The third kappa shape index (κ3) is 2.71. The van der Waals surface area contributed by atoms with Crippen molar-refractivity contribution < 1.29 is 22.3 Å². The number of H-pyrrole nitrogens is 1. The lowest BCUT2D eigenvalue weighted by atomic mass is 10.1. The molecule has 1 aromatic rings. The van der Waals surface area contributed by atoms with Gasteiger partial charge in [-0.25, -0.2) is 4.39 Å². The number of halogens is 4. The van der Waals surface area contributed by atoms with E-state index in [4.69, 9.17) is 0 Å². The Morgan fingerprint density at radius 1 is 1.47 bits per heavy atom. The minimum atomic E-state index is -4.97. The molecule has 0 aliphatic rings. The van der Waals surface area contributed by atoms with Crippen LogP contribution >= 0.6 is 0 Å². The lowest BCUT2D eigenvalue weighted by Gasteiger charge is -2.11. The minimum Gasteiger partial charge on any atom is -0.400 e.